The summed E-state index contributed by atoms with van der Waals surface area (Å²) in [5.74, 6) is -0.206. The summed E-state index contributed by atoms with van der Waals surface area (Å²) in [4.78, 5) is 2.07. The van der Waals surface area contributed by atoms with Crippen LogP contribution in [-0.2, 0) is 0 Å². The zero-order valence-corrected chi connectivity index (χ0v) is 10.5. The minimum Gasteiger partial charge on any atom is -0.317 e. The van der Waals surface area contributed by atoms with Crippen LogP contribution in [0.5, 0.6) is 0 Å². The Morgan fingerprint density at radius 1 is 1.17 bits per heavy atom. The monoisotopic (exact) mass is 241 g/mol. The summed E-state index contributed by atoms with van der Waals surface area (Å²) in [5, 5.41) is 0. The van der Waals surface area contributed by atoms with Crippen molar-refractivity contribution in [2.45, 2.75) is 26.2 Å². The number of hydrogen-bond donors (Lipinski definition) is 0. The van der Waals surface area contributed by atoms with Gasteiger partial charge in [-0.05, 0) is 67.2 Å². The Morgan fingerprint density at radius 2 is 1.89 bits per heavy atom. The summed E-state index contributed by atoms with van der Waals surface area (Å²) in [6.07, 6.45) is 5.68. The first kappa shape index (κ1) is 11.3. The highest BCUT2D eigenvalue weighted by atomic mass is 19.1. The highest BCUT2D eigenvalue weighted by molar-refractivity contribution is 5.65. The van der Waals surface area contributed by atoms with E-state index in [1.54, 1.807) is 12.1 Å². The third-order valence-electron chi connectivity index (χ3n) is 3.83. The van der Waals surface area contributed by atoms with Crippen LogP contribution in [0.1, 0.15) is 26.2 Å². The molecule has 1 saturated carbocycles. The first-order chi connectivity index (χ1) is 8.66. The van der Waals surface area contributed by atoms with E-state index >= 15 is 0 Å². The second-order valence-electron chi connectivity index (χ2n) is 4.90. The van der Waals surface area contributed by atoms with E-state index in [1.165, 1.54) is 35.3 Å². The van der Waals surface area contributed by atoms with Crippen molar-refractivity contribution >= 4 is 5.69 Å². The molecule has 2 aliphatic rings. The SMILES string of the molecule is C=C1C(C)=C2CCCC2=CN1c1ccc(F)cc1. The number of rotatable bonds is 1. The number of anilines is 1. The first-order valence-electron chi connectivity index (χ1n) is 6.32. The van der Waals surface area contributed by atoms with Crippen LogP contribution in [0.15, 0.2) is 59.5 Å². The lowest BCUT2D eigenvalue weighted by Gasteiger charge is -2.29. The van der Waals surface area contributed by atoms with E-state index in [-0.39, 0.29) is 5.82 Å². The number of nitrogens with zero attached hydrogens (tertiary/aromatic N) is 1. The van der Waals surface area contributed by atoms with Gasteiger partial charge in [0.05, 0.1) is 0 Å². The fraction of sp³-hybridized carbons (Fsp3) is 0.250. The minimum absolute atomic E-state index is 0.206. The van der Waals surface area contributed by atoms with Crippen molar-refractivity contribution in [2.24, 2.45) is 0 Å². The van der Waals surface area contributed by atoms with E-state index in [1.807, 2.05) is 0 Å². The molecule has 0 amide bonds. The van der Waals surface area contributed by atoms with Crippen molar-refractivity contribution in [2.75, 3.05) is 4.90 Å². The maximum atomic E-state index is 13.0. The summed E-state index contributed by atoms with van der Waals surface area (Å²) in [6, 6.07) is 6.57. The first-order valence-corrected chi connectivity index (χ1v) is 6.32. The van der Waals surface area contributed by atoms with Crippen molar-refractivity contribution in [3.63, 3.8) is 0 Å². The van der Waals surface area contributed by atoms with Crippen molar-refractivity contribution in [1.29, 1.82) is 0 Å². The molecule has 0 spiro atoms. The van der Waals surface area contributed by atoms with Crippen LogP contribution in [0.2, 0.25) is 0 Å². The third kappa shape index (κ3) is 1.69. The highest BCUT2D eigenvalue weighted by Crippen LogP contribution is 2.40. The molecule has 0 atom stereocenters. The van der Waals surface area contributed by atoms with Gasteiger partial charge in [0.25, 0.3) is 0 Å². The van der Waals surface area contributed by atoms with Crippen molar-refractivity contribution in [3.8, 4) is 0 Å². The molecule has 1 nitrogen and oxygen atoms in total. The van der Waals surface area contributed by atoms with E-state index in [0.717, 1.165) is 24.2 Å². The average Bonchev–Trinajstić information content (AvgIpc) is 2.83. The second-order valence-corrected chi connectivity index (χ2v) is 4.90. The van der Waals surface area contributed by atoms with Crippen LogP contribution in [0.25, 0.3) is 0 Å². The van der Waals surface area contributed by atoms with Gasteiger partial charge in [-0.3, -0.25) is 0 Å². The molecule has 0 saturated heterocycles. The predicted octanol–water partition coefficient (Wildman–Crippen LogP) is 4.54. The Labute approximate surface area is 107 Å². The lowest BCUT2D eigenvalue weighted by atomic mass is 9.98. The Morgan fingerprint density at radius 3 is 2.61 bits per heavy atom. The molecule has 18 heavy (non-hydrogen) atoms. The van der Waals surface area contributed by atoms with E-state index in [0.29, 0.717) is 0 Å². The van der Waals surface area contributed by atoms with Crippen LogP contribution in [0.3, 0.4) is 0 Å². The second kappa shape index (κ2) is 4.13. The lowest BCUT2D eigenvalue weighted by Crippen LogP contribution is -2.20. The highest BCUT2D eigenvalue weighted by Gasteiger charge is 2.25. The molecule has 1 aliphatic carbocycles. The van der Waals surface area contributed by atoms with Gasteiger partial charge in [0, 0.05) is 17.6 Å². The molecule has 0 aromatic heterocycles. The molecule has 2 heteroatoms. The van der Waals surface area contributed by atoms with Gasteiger partial charge in [0.2, 0.25) is 0 Å². The van der Waals surface area contributed by atoms with Gasteiger partial charge >= 0.3 is 0 Å². The summed E-state index contributed by atoms with van der Waals surface area (Å²) >= 11 is 0. The van der Waals surface area contributed by atoms with Gasteiger partial charge in [-0.1, -0.05) is 6.58 Å². The molecule has 1 aromatic carbocycles. The maximum Gasteiger partial charge on any atom is 0.123 e. The molecule has 1 aromatic rings. The third-order valence-corrected chi connectivity index (χ3v) is 3.83. The van der Waals surface area contributed by atoms with Crippen LogP contribution in [-0.4, -0.2) is 0 Å². The molecule has 3 rings (SSSR count). The molecule has 0 bridgehead atoms. The summed E-state index contributed by atoms with van der Waals surface area (Å²) in [7, 11) is 0. The number of allylic oxidation sites excluding steroid dienone is 3. The number of hydrogen-bond acceptors (Lipinski definition) is 1. The average molecular weight is 241 g/mol. The zero-order chi connectivity index (χ0) is 12.7. The van der Waals surface area contributed by atoms with E-state index in [4.69, 9.17) is 0 Å². The fourth-order valence-electron chi connectivity index (χ4n) is 2.76. The topological polar surface area (TPSA) is 3.24 Å². The summed E-state index contributed by atoms with van der Waals surface area (Å²) < 4.78 is 13.0. The van der Waals surface area contributed by atoms with Crippen LogP contribution in [0, 0.1) is 5.82 Å². The molecule has 0 unspecified atom stereocenters. The van der Waals surface area contributed by atoms with E-state index in [9.17, 15) is 4.39 Å². The minimum atomic E-state index is -0.206. The Balaban J connectivity index is 2.02. The standard InChI is InChI=1S/C16H16FN/c1-11-12(2)18(10-13-4-3-5-16(11)13)15-8-6-14(17)7-9-15/h6-10H,2-5H2,1H3. The number of benzene rings is 1. The summed E-state index contributed by atoms with van der Waals surface area (Å²) in [5.41, 5.74) is 6.11. The zero-order valence-electron chi connectivity index (χ0n) is 10.5. The Hall–Kier alpha value is -1.83. The van der Waals surface area contributed by atoms with Crippen molar-refractivity contribution < 1.29 is 4.39 Å². The van der Waals surface area contributed by atoms with Gasteiger partial charge < -0.3 is 4.90 Å². The molecular weight excluding hydrogens is 225 g/mol. The molecule has 1 fully saturated rings. The molecule has 1 heterocycles. The van der Waals surface area contributed by atoms with Crippen molar-refractivity contribution in [3.05, 3.63) is 65.3 Å². The molecule has 0 N–H and O–H groups in total. The number of halogens is 1. The van der Waals surface area contributed by atoms with Crippen LogP contribution in [0.4, 0.5) is 10.1 Å². The Kier molecular flexibility index (Phi) is 2.58. The smallest absolute Gasteiger partial charge is 0.123 e. The van der Waals surface area contributed by atoms with Gasteiger partial charge in [-0.25, -0.2) is 4.39 Å². The Bertz CT molecular complexity index is 563. The van der Waals surface area contributed by atoms with Crippen LogP contribution < -0.4 is 4.90 Å². The molecular formula is C16H16FN. The molecule has 1 aliphatic heterocycles. The largest absolute Gasteiger partial charge is 0.317 e. The van der Waals surface area contributed by atoms with Gasteiger partial charge in [0.1, 0.15) is 5.82 Å². The van der Waals surface area contributed by atoms with Gasteiger partial charge in [-0.15, -0.1) is 0 Å². The van der Waals surface area contributed by atoms with Gasteiger partial charge in [-0.2, -0.15) is 0 Å². The van der Waals surface area contributed by atoms with Crippen molar-refractivity contribution in [1.82, 2.24) is 0 Å². The maximum absolute atomic E-state index is 13.0. The normalized spacial score (nSPS) is 19.1. The fourth-order valence-corrected chi connectivity index (χ4v) is 2.76. The number of fused-ring (bicyclic) bond motifs is 1. The quantitative estimate of drug-likeness (QED) is 0.697. The van der Waals surface area contributed by atoms with E-state index < -0.39 is 0 Å². The molecule has 92 valence electrons. The predicted molar refractivity (Wildman–Crippen MR) is 72.7 cm³/mol. The van der Waals surface area contributed by atoms with E-state index in [2.05, 4.69) is 24.6 Å². The van der Waals surface area contributed by atoms with Gasteiger partial charge in [0.15, 0.2) is 0 Å². The molecule has 0 radical (unpaired) electrons. The lowest BCUT2D eigenvalue weighted by molar-refractivity contribution is 0.628. The van der Waals surface area contributed by atoms with Crippen LogP contribution >= 0.6 is 0 Å². The summed E-state index contributed by atoms with van der Waals surface area (Å²) in [6.45, 7) is 6.30.